The van der Waals surface area contributed by atoms with Crippen LogP contribution < -0.4 is 0 Å². The number of fused-ring (bicyclic) bond motifs is 3. The standard InChI is InChI=1S/C18H19NO/c1-13-6-8-14(9-7-13)18-10-17-16-5-3-2-4-15(16)11-19(17)12-20-18/h2-9,17-18H,10-12H2,1H3/t17-,18+/m0/s1. The fourth-order valence-electron chi connectivity index (χ4n) is 3.41. The van der Waals surface area contributed by atoms with Crippen LogP contribution in [0.1, 0.15) is 40.8 Å². The molecule has 0 spiro atoms. The van der Waals surface area contributed by atoms with Crippen molar-refractivity contribution < 1.29 is 4.74 Å². The van der Waals surface area contributed by atoms with Gasteiger partial charge >= 0.3 is 0 Å². The summed E-state index contributed by atoms with van der Waals surface area (Å²) in [5.74, 6) is 0. The van der Waals surface area contributed by atoms with Gasteiger partial charge in [-0.15, -0.1) is 0 Å². The molecule has 0 saturated carbocycles. The lowest BCUT2D eigenvalue weighted by Gasteiger charge is -2.35. The molecule has 2 aromatic rings. The maximum atomic E-state index is 6.07. The Bertz CT molecular complexity index is 620. The van der Waals surface area contributed by atoms with E-state index in [0.717, 1.165) is 19.7 Å². The molecule has 0 amide bonds. The van der Waals surface area contributed by atoms with E-state index in [-0.39, 0.29) is 6.10 Å². The van der Waals surface area contributed by atoms with Gasteiger partial charge in [0, 0.05) is 12.6 Å². The molecule has 2 aliphatic heterocycles. The zero-order chi connectivity index (χ0) is 13.5. The van der Waals surface area contributed by atoms with E-state index in [1.165, 1.54) is 22.3 Å². The monoisotopic (exact) mass is 265 g/mol. The van der Waals surface area contributed by atoms with E-state index in [4.69, 9.17) is 4.74 Å². The van der Waals surface area contributed by atoms with Crippen LogP contribution in [0.15, 0.2) is 48.5 Å². The van der Waals surface area contributed by atoms with Crippen LogP contribution in [0.4, 0.5) is 0 Å². The van der Waals surface area contributed by atoms with Gasteiger partial charge in [-0.1, -0.05) is 54.1 Å². The zero-order valence-electron chi connectivity index (χ0n) is 11.8. The predicted octanol–water partition coefficient (Wildman–Crippen LogP) is 3.97. The summed E-state index contributed by atoms with van der Waals surface area (Å²) in [4.78, 5) is 2.44. The summed E-state index contributed by atoms with van der Waals surface area (Å²) in [7, 11) is 0. The highest BCUT2D eigenvalue weighted by atomic mass is 16.5. The van der Waals surface area contributed by atoms with Gasteiger partial charge in [0.25, 0.3) is 0 Å². The van der Waals surface area contributed by atoms with Gasteiger partial charge in [0.2, 0.25) is 0 Å². The Kier molecular flexibility index (Phi) is 2.86. The van der Waals surface area contributed by atoms with Crippen molar-refractivity contribution in [1.82, 2.24) is 4.90 Å². The van der Waals surface area contributed by atoms with Gasteiger partial charge in [-0.25, -0.2) is 0 Å². The van der Waals surface area contributed by atoms with Crippen molar-refractivity contribution in [2.45, 2.75) is 32.0 Å². The summed E-state index contributed by atoms with van der Waals surface area (Å²) < 4.78 is 6.07. The van der Waals surface area contributed by atoms with Crippen LogP contribution in [0.5, 0.6) is 0 Å². The summed E-state index contributed by atoms with van der Waals surface area (Å²) in [5, 5.41) is 0. The highest BCUT2D eigenvalue weighted by molar-refractivity contribution is 5.35. The first-order valence-electron chi connectivity index (χ1n) is 7.31. The van der Waals surface area contributed by atoms with Crippen LogP contribution in [0.25, 0.3) is 0 Å². The van der Waals surface area contributed by atoms with E-state index in [9.17, 15) is 0 Å². The molecule has 4 rings (SSSR count). The average molecular weight is 265 g/mol. The Morgan fingerprint density at radius 2 is 1.85 bits per heavy atom. The van der Waals surface area contributed by atoms with E-state index in [0.29, 0.717) is 6.04 Å². The van der Waals surface area contributed by atoms with Gasteiger partial charge in [-0.05, 0) is 30.0 Å². The SMILES string of the molecule is Cc1ccc([C@H]2C[C@H]3c4ccccc4CN3CO2)cc1. The lowest BCUT2D eigenvalue weighted by atomic mass is 9.95. The Morgan fingerprint density at radius 1 is 1.05 bits per heavy atom. The normalized spacial score (nSPS) is 25.2. The summed E-state index contributed by atoms with van der Waals surface area (Å²) in [6.07, 6.45) is 1.28. The zero-order valence-corrected chi connectivity index (χ0v) is 11.8. The lowest BCUT2D eigenvalue weighted by Crippen LogP contribution is -2.33. The summed E-state index contributed by atoms with van der Waals surface area (Å²) in [6, 6.07) is 18.1. The molecule has 20 heavy (non-hydrogen) atoms. The second-order valence-corrected chi connectivity index (χ2v) is 5.89. The molecule has 1 saturated heterocycles. The van der Waals surface area contributed by atoms with Gasteiger partial charge in [0.15, 0.2) is 0 Å². The molecule has 0 unspecified atom stereocenters. The number of hydrogen-bond donors (Lipinski definition) is 0. The van der Waals surface area contributed by atoms with Gasteiger partial charge in [-0.2, -0.15) is 0 Å². The molecule has 0 N–H and O–H groups in total. The van der Waals surface area contributed by atoms with Crippen LogP contribution in [-0.4, -0.2) is 11.6 Å². The number of aryl methyl sites for hydroxylation is 1. The lowest BCUT2D eigenvalue weighted by molar-refractivity contribution is -0.0967. The first kappa shape index (κ1) is 12.1. The third-order valence-corrected chi connectivity index (χ3v) is 4.56. The molecular formula is C18H19NO. The Balaban J connectivity index is 1.61. The summed E-state index contributed by atoms with van der Waals surface area (Å²) in [6.45, 7) is 3.89. The maximum absolute atomic E-state index is 6.07. The molecule has 0 radical (unpaired) electrons. The summed E-state index contributed by atoms with van der Waals surface area (Å²) in [5.41, 5.74) is 5.57. The van der Waals surface area contributed by atoms with Crippen LogP contribution >= 0.6 is 0 Å². The van der Waals surface area contributed by atoms with Crippen molar-refractivity contribution in [3.05, 3.63) is 70.8 Å². The molecule has 0 bridgehead atoms. The van der Waals surface area contributed by atoms with Crippen molar-refractivity contribution >= 4 is 0 Å². The maximum Gasteiger partial charge on any atom is 0.101 e. The smallest absolute Gasteiger partial charge is 0.101 e. The molecule has 1 fully saturated rings. The Hall–Kier alpha value is -1.64. The fourth-order valence-corrected chi connectivity index (χ4v) is 3.41. The number of benzene rings is 2. The summed E-state index contributed by atoms with van der Waals surface area (Å²) >= 11 is 0. The first-order chi connectivity index (χ1) is 9.81. The molecule has 2 heteroatoms. The molecule has 2 atom stereocenters. The minimum Gasteiger partial charge on any atom is -0.358 e. The van der Waals surface area contributed by atoms with Crippen molar-refractivity contribution in [3.63, 3.8) is 0 Å². The van der Waals surface area contributed by atoms with Gasteiger partial charge < -0.3 is 4.74 Å². The molecule has 2 nitrogen and oxygen atoms in total. The van der Waals surface area contributed by atoms with Crippen molar-refractivity contribution in [2.24, 2.45) is 0 Å². The number of ether oxygens (including phenoxy) is 1. The van der Waals surface area contributed by atoms with E-state index in [2.05, 4.69) is 60.4 Å². The Morgan fingerprint density at radius 3 is 2.70 bits per heavy atom. The average Bonchev–Trinajstić information content (AvgIpc) is 2.86. The molecule has 2 aromatic carbocycles. The Labute approximate surface area is 120 Å². The molecule has 2 aliphatic rings. The predicted molar refractivity (Wildman–Crippen MR) is 79.2 cm³/mol. The quantitative estimate of drug-likeness (QED) is 0.773. The van der Waals surface area contributed by atoms with Crippen molar-refractivity contribution in [2.75, 3.05) is 6.73 Å². The van der Waals surface area contributed by atoms with E-state index >= 15 is 0 Å². The van der Waals surface area contributed by atoms with Crippen LogP contribution in [-0.2, 0) is 11.3 Å². The highest BCUT2D eigenvalue weighted by Crippen LogP contribution is 2.43. The minimum atomic E-state index is 0.225. The topological polar surface area (TPSA) is 12.5 Å². The third kappa shape index (κ3) is 1.96. The second kappa shape index (κ2) is 4.72. The van der Waals surface area contributed by atoms with Crippen LogP contribution in [0.2, 0.25) is 0 Å². The highest BCUT2D eigenvalue weighted by Gasteiger charge is 2.36. The minimum absolute atomic E-state index is 0.225. The van der Waals surface area contributed by atoms with Gasteiger partial charge in [-0.3, -0.25) is 4.90 Å². The van der Waals surface area contributed by atoms with Crippen LogP contribution in [0.3, 0.4) is 0 Å². The second-order valence-electron chi connectivity index (χ2n) is 5.89. The van der Waals surface area contributed by atoms with Crippen molar-refractivity contribution in [3.8, 4) is 0 Å². The number of nitrogens with zero attached hydrogens (tertiary/aromatic N) is 1. The van der Waals surface area contributed by atoms with Crippen LogP contribution in [0, 0.1) is 6.92 Å². The molecule has 102 valence electrons. The van der Waals surface area contributed by atoms with E-state index in [1.54, 1.807) is 0 Å². The van der Waals surface area contributed by atoms with Gasteiger partial charge in [0.1, 0.15) is 6.73 Å². The molecule has 0 aliphatic carbocycles. The van der Waals surface area contributed by atoms with E-state index in [1.807, 2.05) is 0 Å². The largest absolute Gasteiger partial charge is 0.358 e. The fraction of sp³-hybridized carbons (Fsp3) is 0.333. The van der Waals surface area contributed by atoms with Gasteiger partial charge in [0.05, 0.1) is 6.10 Å². The van der Waals surface area contributed by atoms with Crippen molar-refractivity contribution in [1.29, 1.82) is 0 Å². The van der Waals surface area contributed by atoms with E-state index < -0.39 is 0 Å². The first-order valence-corrected chi connectivity index (χ1v) is 7.31. The molecule has 2 heterocycles. The number of rotatable bonds is 1. The molecular weight excluding hydrogens is 246 g/mol. The number of hydrogen-bond acceptors (Lipinski definition) is 2. The molecule has 0 aromatic heterocycles. The third-order valence-electron chi connectivity index (χ3n) is 4.56.